The number of rotatable bonds is 4. The van der Waals surface area contributed by atoms with E-state index in [1.165, 1.54) is 0 Å². The summed E-state index contributed by atoms with van der Waals surface area (Å²) in [7, 11) is 1.73. The predicted molar refractivity (Wildman–Crippen MR) is 59.4 cm³/mol. The number of likely N-dealkylation sites (tertiary alicyclic amines) is 1. The highest BCUT2D eigenvalue weighted by molar-refractivity contribution is 5.79. The molecule has 1 rings (SSSR count). The van der Waals surface area contributed by atoms with Crippen LogP contribution in [0.2, 0.25) is 0 Å². The van der Waals surface area contributed by atoms with Crippen LogP contribution in [0.4, 0.5) is 0 Å². The smallest absolute Gasteiger partial charge is 0.226 e. The second-order valence-corrected chi connectivity index (χ2v) is 4.10. The standard InChI is InChI=1S/C11H22N2O2/c1-3-9(8-12)11(14)13-6-4-10(15-2)5-7-13/h9-10H,3-8,12H2,1-2H3. The van der Waals surface area contributed by atoms with Gasteiger partial charge in [0.25, 0.3) is 0 Å². The Bertz CT molecular complexity index is 197. The maximum atomic E-state index is 12.0. The maximum absolute atomic E-state index is 12.0. The molecule has 1 atom stereocenters. The van der Waals surface area contributed by atoms with Crippen molar-refractivity contribution in [1.82, 2.24) is 4.90 Å². The molecule has 0 aromatic carbocycles. The monoisotopic (exact) mass is 214 g/mol. The lowest BCUT2D eigenvalue weighted by Gasteiger charge is -2.33. The molecule has 1 amide bonds. The number of piperidine rings is 1. The van der Waals surface area contributed by atoms with Crippen LogP contribution in [-0.4, -0.2) is 43.7 Å². The molecule has 0 aliphatic carbocycles. The molecule has 0 aromatic rings. The van der Waals surface area contributed by atoms with E-state index in [9.17, 15) is 4.79 Å². The molecule has 1 aliphatic rings. The number of carbonyl (C=O) groups is 1. The Kier molecular flexibility index (Phi) is 5.05. The lowest BCUT2D eigenvalue weighted by Crippen LogP contribution is -2.44. The lowest BCUT2D eigenvalue weighted by molar-refractivity contribution is -0.137. The quantitative estimate of drug-likeness (QED) is 0.746. The first-order valence-corrected chi connectivity index (χ1v) is 5.74. The number of hydrogen-bond donors (Lipinski definition) is 1. The van der Waals surface area contributed by atoms with Crippen LogP contribution in [0.1, 0.15) is 26.2 Å². The van der Waals surface area contributed by atoms with Gasteiger partial charge < -0.3 is 15.4 Å². The van der Waals surface area contributed by atoms with E-state index in [2.05, 4.69) is 0 Å². The van der Waals surface area contributed by atoms with Gasteiger partial charge in [0.1, 0.15) is 0 Å². The van der Waals surface area contributed by atoms with E-state index in [1.54, 1.807) is 7.11 Å². The lowest BCUT2D eigenvalue weighted by atomic mass is 10.0. The molecular weight excluding hydrogens is 192 g/mol. The molecule has 0 radical (unpaired) electrons. The molecule has 1 aliphatic heterocycles. The zero-order valence-electron chi connectivity index (χ0n) is 9.74. The van der Waals surface area contributed by atoms with Crippen LogP contribution >= 0.6 is 0 Å². The Hall–Kier alpha value is -0.610. The molecule has 0 bridgehead atoms. The van der Waals surface area contributed by atoms with Gasteiger partial charge in [0, 0.05) is 26.7 Å². The zero-order valence-corrected chi connectivity index (χ0v) is 9.74. The van der Waals surface area contributed by atoms with Crippen molar-refractivity contribution in [3.8, 4) is 0 Å². The van der Waals surface area contributed by atoms with Crippen molar-refractivity contribution in [2.45, 2.75) is 32.3 Å². The first-order valence-electron chi connectivity index (χ1n) is 5.74. The molecule has 4 heteroatoms. The fourth-order valence-electron chi connectivity index (χ4n) is 2.01. The second-order valence-electron chi connectivity index (χ2n) is 4.10. The fourth-order valence-corrected chi connectivity index (χ4v) is 2.01. The minimum atomic E-state index is 0.00379. The van der Waals surface area contributed by atoms with Crippen molar-refractivity contribution in [2.75, 3.05) is 26.7 Å². The normalized spacial score (nSPS) is 20.3. The van der Waals surface area contributed by atoms with E-state index < -0.39 is 0 Å². The number of nitrogens with two attached hydrogens (primary N) is 1. The summed E-state index contributed by atoms with van der Waals surface area (Å²) in [5, 5.41) is 0. The number of carbonyl (C=O) groups excluding carboxylic acids is 1. The van der Waals surface area contributed by atoms with Crippen molar-refractivity contribution in [1.29, 1.82) is 0 Å². The molecule has 0 aromatic heterocycles. The molecular formula is C11H22N2O2. The molecule has 0 saturated carbocycles. The van der Waals surface area contributed by atoms with E-state index >= 15 is 0 Å². The molecule has 15 heavy (non-hydrogen) atoms. The van der Waals surface area contributed by atoms with E-state index in [-0.39, 0.29) is 11.8 Å². The number of amides is 1. The van der Waals surface area contributed by atoms with Gasteiger partial charge in [-0.1, -0.05) is 6.92 Å². The van der Waals surface area contributed by atoms with E-state index in [4.69, 9.17) is 10.5 Å². The van der Waals surface area contributed by atoms with E-state index in [0.29, 0.717) is 12.6 Å². The largest absolute Gasteiger partial charge is 0.381 e. The third-order valence-electron chi connectivity index (χ3n) is 3.21. The first kappa shape index (κ1) is 12.5. The van der Waals surface area contributed by atoms with Crippen molar-refractivity contribution in [2.24, 2.45) is 11.7 Å². The van der Waals surface area contributed by atoms with Gasteiger partial charge in [-0.05, 0) is 19.3 Å². The topological polar surface area (TPSA) is 55.6 Å². The predicted octanol–water partition coefficient (Wildman–Crippen LogP) is 0.609. The van der Waals surface area contributed by atoms with Crippen LogP contribution in [0.25, 0.3) is 0 Å². The fraction of sp³-hybridized carbons (Fsp3) is 0.909. The van der Waals surface area contributed by atoms with Crippen LogP contribution < -0.4 is 5.73 Å². The Balaban J connectivity index is 2.42. The van der Waals surface area contributed by atoms with Crippen molar-refractivity contribution in [3.05, 3.63) is 0 Å². The Morgan fingerprint density at radius 1 is 1.53 bits per heavy atom. The summed E-state index contributed by atoms with van der Waals surface area (Å²) in [6.07, 6.45) is 3.05. The Morgan fingerprint density at radius 2 is 2.13 bits per heavy atom. The third kappa shape index (κ3) is 3.18. The SMILES string of the molecule is CCC(CN)C(=O)N1CCC(OC)CC1. The van der Waals surface area contributed by atoms with E-state index in [0.717, 1.165) is 32.4 Å². The summed E-state index contributed by atoms with van der Waals surface area (Å²) in [5.41, 5.74) is 5.57. The van der Waals surface area contributed by atoms with Gasteiger partial charge in [0.2, 0.25) is 5.91 Å². The van der Waals surface area contributed by atoms with Crippen LogP contribution in [0, 0.1) is 5.92 Å². The van der Waals surface area contributed by atoms with Gasteiger partial charge in [-0.2, -0.15) is 0 Å². The highest BCUT2D eigenvalue weighted by atomic mass is 16.5. The second kappa shape index (κ2) is 6.08. The molecule has 1 unspecified atom stereocenters. The Labute approximate surface area is 91.8 Å². The summed E-state index contributed by atoms with van der Waals surface area (Å²) in [5.74, 6) is 0.221. The zero-order chi connectivity index (χ0) is 11.3. The van der Waals surface area contributed by atoms with Crippen LogP contribution in [-0.2, 0) is 9.53 Å². The highest BCUT2D eigenvalue weighted by Crippen LogP contribution is 2.16. The van der Waals surface area contributed by atoms with Gasteiger partial charge in [-0.15, -0.1) is 0 Å². The van der Waals surface area contributed by atoms with Crippen LogP contribution in [0.3, 0.4) is 0 Å². The Morgan fingerprint density at radius 3 is 2.53 bits per heavy atom. The number of hydrogen-bond acceptors (Lipinski definition) is 3. The minimum Gasteiger partial charge on any atom is -0.381 e. The molecule has 1 heterocycles. The van der Waals surface area contributed by atoms with Crippen LogP contribution in [0.15, 0.2) is 0 Å². The van der Waals surface area contributed by atoms with Gasteiger partial charge in [0.15, 0.2) is 0 Å². The molecule has 2 N–H and O–H groups in total. The highest BCUT2D eigenvalue weighted by Gasteiger charge is 2.26. The van der Waals surface area contributed by atoms with Gasteiger partial charge in [-0.25, -0.2) is 0 Å². The summed E-state index contributed by atoms with van der Waals surface area (Å²) >= 11 is 0. The van der Waals surface area contributed by atoms with Gasteiger partial charge in [-0.3, -0.25) is 4.79 Å². The van der Waals surface area contributed by atoms with Crippen molar-refractivity contribution >= 4 is 5.91 Å². The average Bonchev–Trinajstić information content (AvgIpc) is 2.30. The van der Waals surface area contributed by atoms with Gasteiger partial charge in [0.05, 0.1) is 12.0 Å². The summed E-state index contributed by atoms with van der Waals surface area (Å²) in [4.78, 5) is 13.9. The molecule has 4 nitrogen and oxygen atoms in total. The molecule has 88 valence electrons. The van der Waals surface area contributed by atoms with E-state index in [1.807, 2.05) is 11.8 Å². The first-order chi connectivity index (χ1) is 7.22. The minimum absolute atomic E-state index is 0.00379. The van der Waals surface area contributed by atoms with Crippen LogP contribution in [0.5, 0.6) is 0 Å². The summed E-state index contributed by atoms with van der Waals surface area (Å²) < 4.78 is 5.27. The average molecular weight is 214 g/mol. The molecule has 1 saturated heterocycles. The van der Waals surface area contributed by atoms with Crippen molar-refractivity contribution in [3.63, 3.8) is 0 Å². The maximum Gasteiger partial charge on any atom is 0.226 e. The van der Waals surface area contributed by atoms with Crippen molar-refractivity contribution < 1.29 is 9.53 Å². The molecule has 1 fully saturated rings. The number of ether oxygens (including phenoxy) is 1. The third-order valence-corrected chi connectivity index (χ3v) is 3.21. The number of methoxy groups -OCH3 is 1. The number of nitrogens with zero attached hydrogens (tertiary/aromatic N) is 1. The molecule has 0 spiro atoms. The van der Waals surface area contributed by atoms with Gasteiger partial charge >= 0.3 is 0 Å². The summed E-state index contributed by atoms with van der Waals surface area (Å²) in [6.45, 7) is 4.10. The summed E-state index contributed by atoms with van der Waals surface area (Å²) in [6, 6.07) is 0.